The van der Waals surface area contributed by atoms with Gasteiger partial charge in [-0.3, -0.25) is 0 Å². The summed E-state index contributed by atoms with van der Waals surface area (Å²) in [6.07, 6.45) is 0.138. The minimum absolute atomic E-state index is 0.225. The van der Waals surface area contributed by atoms with E-state index in [1.54, 1.807) is 12.1 Å². The Morgan fingerprint density at radius 1 is 1.05 bits per heavy atom. The number of benzene rings is 2. The first kappa shape index (κ1) is 15.1. The van der Waals surface area contributed by atoms with Gasteiger partial charge in [-0.25, -0.2) is 4.39 Å². The minimum Gasteiger partial charge on any atom is -0.392 e. The first-order valence-corrected chi connectivity index (χ1v) is 7.67. The fourth-order valence-corrected chi connectivity index (χ4v) is 3.08. The molecule has 3 heteroatoms. The molecule has 0 aliphatic carbocycles. The van der Waals surface area contributed by atoms with Crippen LogP contribution < -0.4 is 0 Å². The van der Waals surface area contributed by atoms with Crippen molar-refractivity contribution in [1.29, 1.82) is 0 Å². The average Bonchev–Trinajstić information content (AvgIpc) is 2.42. The maximum atomic E-state index is 13.5. The summed E-state index contributed by atoms with van der Waals surface area (Å²) in [5, 5.41) is 10.2. The molecular weight excluding hydrogens is 271 g/mol. The van der Waals surface area contributed by atoms with Gasteiger partial charge in [0.2, 0.25) is 0 Å². The van der Waals surface area contributed by atoms with Crippen LogP contribution in [0.25, 0.3) is 0 Å². The van der Waals surface area contributed by atoms with E-state index in [1.807, 2.05) is 12.1 Å². The van der Waals surface area contributed by atoms with Gasteiger partial charge < -0.3 is 5.11 Å². The Kier molecular flexibility index (Phi) is 5.21. The van der Waals surface area contributed by atoms with Crippen molar-refractivity contribution in [1.82, 2.24) is 0 Å². The number of aryl methyl sites for hydroxylation is 2. The second-order valence-electron chi connectivity index (χ2n) is 4.97. The molecule has 0 saturated heterocycles. The van der Waals surface area contributed by atoms with Gasteiger partial charge in [-0.15, -0.1) is 11.8 Å². The number of hydrogen-bond donors (Lipinski definition) is 1. The summed E-state index contributed by atoms with van der Waals surface area (Å²) in [6, 6.07) is 12.8. The molecule has 0 amide bonds. The summed E-state index contributed by atoms with van der Waals surface area (Å²) >= 11 is 1.36. The molecule has 1 atom stereocenters. The molecule has 20 heavy (non-hydrogen) atoms. The highest BCUT2D eigenvalue weighted by molar-refractivity contribution is 7.99. The number of aliphatic hydroxyl groups excluding tert-OH is 1. The van der Waals surface area contributed by atoms with Crippen LogP contribution in [0.4, 0.5) is 4.39 Å². The molecule has 1 unspecified atom stereocenters. The zero-order chi connectivity index (χ0) is 14.5. The number of aliphatic hydroxyl groups is 1. The van der Waals surface area contributed by atoms with Crippen LogP contribution in [0, 0.1) is 19.7 Å². The topological polar surface area (TPSA) is 20.2 Å². The van der Waals surface area contributed by atoms with E-state index in [1.165, 1.54) is 34.5 Å². The molecule has 0 saturated carbocycles. The minimum atomic E-state index is -0.473. The van der Waals surface area contributed by atoms with Gasteiger partial charge in [-0.2, -0.15) is 0 Å². The molecule has 2 aromatic rings. The first-order chi connectivity index (χ1) is 9.58. The van der Waals surface area contributed by atoms with Crippen molar-refractivity contribution in [2.24, 2.45) is 0 Å². The summed E-state index contributed by atoms with van der Waals surface area (Å²) in [5.41, 5.74) is 3.58. The second-order valence-corrected chi connectivity index (χ2v) is 6.03. The molecule has 1 nitrogen and oxygen atoms in total. The van der Waals surface area contributed by atoms with E-state index in [0.29, 0.717) is 17.1 Å². The normalized spacial score (nSPS) is 12.4. The fourth-order valence-electron chi connectivity index (χ4n) is 2.21. The molecule has 0 radical (unpaired) electrons. The summed E-state index contributed by atoms with van der Waals surface area (Å²) in [5.74, 6) is 0.270. The molecule has 2 rings (SSSR count). The standard InChI is InChI=1S/C17H19FOS/c1-12-6-5-7-13(2)15(12)10-14(19)11-20-17-9-4-3-8-16(17)18/h3-9,14,19H,10-11H2,1-2H3. The van der Waals surface area contributed by atoms with Gasteiger partial charge in [0.1, 0.15) is 5.82 Å². The lowest BCUT2D eigenvalue weighted by Crippen LogP contribution is -2.15. The van der Waals surface area contributed by atoms with Crippen LogP contribution >= 0.6 is 11.8 Å². The Morgan fingerprint density at radius 3 is 2.35 bits per heavy atom. The van der Waals surface area contributed by atoms with Crippen molar-refractivity contribution in [3.8, 4) is 0 Å². The zero-order valence-corrected chi connectivity index (χ0v) is 12.6. The maximum absolute atomic E-state index is 13.5. The third kappa shape index (κ3) is 3.84. The van der Waals surface area contributed by atoms with E-state index in [4.69, 9.17) is 0 Å². The monoisotopic (exact) mass is 290 g/mol. The Hall–Kier alpha value is -1.32. The molecule has 0 aliphatic rings. The maximum Gasteiger partial charge on any atom is 0.136 e. The van der Waals surface area contributed by atoms with E-state index < -0.39 is 6.10 Å². The van der Waals surface area contributed by atoms with Crippen LogP contribution in [0.5, 0.6) is 0 Å². The van der Waals surface area contributed by atoms with Crippen molar-refractivity contribution in [3.63, 3.8) is 0 Å². The highest BCUT2D eigenvalue weighted by Gasteiger charge is 2.11. The quantitative estimate of drug-likeness (QED) is 0.835. The van der Waals surface area contributed by atoms with Crippen molar-refractivity contribution in [2.75, 3.05) is 5.75 Å². The molecule has 0 aromatic heterocycles. The Morgan fingerprint density at radius 2 is 1.70 bits per heavy atom. The van der Waals surface area contributed by atoms with Crippen LogP contribution in [0.1, 0.15) is 16.7 Å². The summed E-state index contributed by atoms with van der Waals surface area (Å²) in [4.78, 5) is 0.591. The Labute approximate surface area is 123 Å². The van der Waals surface area contributed by atoms with Crippen molar-refractivity contribution in [2.45, 2.75) is 31.3 Å². The Balaban J connectivity index is 1.96. The van der Waals surface area contributed by atoms with E-state index in [-0.39, 0.29) is 5.82 Å². The van der Waals surface area contributed by atoms with Gasteiger partial charge in [0.25, 0.3) is 0 Å². The van der Waals surface area contributed by atoms with Crippen molar-refractivity contribution in [3.05, 3.63) is 65.0 Å². The molecular formula is C17H19FOS. The molecule has 106 valence electrons. The highest BCUT2D eigenvalue weighted by atomic mass is 32.2. The van der Waals surface area contributed by atoms with Gasteiger partial charge in [-0.1, -0.05) is 30.3 Å². The summed E-state index contributed by atoms with van der Waals surface area (Å²) < 4.78 is 13.5. The lowest BCUT2D eigenvalue weighted by molar-refractivity contribution is 0.199. The zero-order valence-electron chi connectivity index (χ0n) is 11.8. The van der Waals surface area contributed by atoms with E-state index in [0.717, 1.165) is 0 Å². The summed E-state index contributed by atoms with van der Waals surface area (Å²) in [7, 11) is 0. The predicted octanol–water partition coefficient (Wildman–Crippen LogP) is 4.14. The molecule has 0 heterocycles. The van der Waals surface area contributed by atoms with Gasteiger partial charge >= 0.3 is 0 Å². The van der Waals surface area contributed by atoms with E-state index in [9.17, 15) is 9.50 Å². The molecule has 0 bridgehead atoms. The van der Waals surface area contributed by atoms with Crippen LogP contribution in [0.2, 0.25) is 0 Å². The number of hydrogen-bond acceptors (Lipinski definition) is 2. The number of rotatable bonds is 5. The average molecular weight is 290 g/mol. The van der Waals surface area contributed by atoms with Gasteiger partial charge in [0.15, 0.2) is 0 Å². The van der Waals surface area contributed by atoms with Gasteiger partial charge in [0, 0.05) is 10.6 Å². The molecule has 0 fully saturated rings. The second kappa shape index (κ2) is 6.91. The van der Waals surface area contributed by atoms with Crippen LogP contribution in [-0.4, -0.2) is 17.0 Å². The van der Waals surface area contributed by atoms with Crippen LogP contribution in [-0.2, 0) is 6.42 Å². The molecule has 0 aliphatic heterocycles. The highest BCUT2D eigenvalue weighted by Crippen LogP contribution is 2.23. The van der Waals surface area contributed by atoms with Crippen molar-refractivity contribution >= 4 is 11.8 Å². The Bertz CT molecular complexity index is 563. The third-order valence-electron chi connectivity index (χ3n) is 3.35. The largest absolute Gasteiger partial charge is 0.392 e. The van der Waals surface area contributed by atoms with Gasteiger partial charge in [-0.05, 0) is 49.1 Å². The van der Waals surface area contributed by atoms with Crippen LogP contribution in [0.15, 0.2) is 47.4 Å². The van der Waals surface area contributed by atoms with Crippen LogP contribution in [0.3, 0.4) is 0 Å². The predicted molar refractivity (Wildman–Crippen MR) is 82.8 cm³/mol. The molecule has 1 N–H and O–H groups in total. The lowest BCUT2D eigenvalue weighted by atomic mass is 9.98. The van der Waals surface area contributed by atoms with Gasteiger partial charge in [0.05, 0.1) is 6.10 Å². The smallest absolute Gasteiger partial charge is 0.136 e. The fraction of sp³-hybridized carbons (Fsp3) is 0.294. The molecule has 2 aromatic carbocycles. The number of halogens is 1. The first-order valence-electron chi connectivity index (χ1n) is 6.68. The van der Waals surface area contributed by atoms with Crippen molar-refractivity contribution < 1.29 is 9.50 Å². The lowest BCUT2D eigenvalue weighted by Gasteiger charge is -2.14. The summed E-state index contributed by atoms with van der Waals surface area (Å²) in [6.45, 7) is 4.11. The SMILES string of the molecule is Cc1cccc(C)c1CC(O)CSc1ccccc1F. The van der Waals surface area contributed by atoms with E-state index >= 15 is 0 Å². The number of thioether (sulfide) groups is 1. The molecule has 0 spiro atoms. The third-order valence-corrected chi connectivity index (χ3v) is 4.55. The van der Waals surface area contributed by atoms with E-state index in [2.05, 4.69) is 26.0 Å².